The summed E-state index contributed by atoms with van der Waals surface area (Å²) in [5.74, 6) is 0. The molecule has 0 aliphatic heterocycles. The van der Waals surface area contributed by atoms with E-state index in [0.717, 1.165) is 21.9 Å². The molecular weight excluding hydrogens is 392 g/mol. The van der Waals surface area contributed by atoms with E-state index >= 15 is 0 Å². The fourth-order valence-corrected chi connectivity index (χ4v) is 3.13. The van der Waals surface area contributed by atoms with E-state index in [-0.39, 0.29) is 17.0 Å². The van der Waals surface area contributed by atoms with Crippen molar-refractivity contribution in [2.75, 3.05) is 11.6 Å². The number of nitrogens with one attached hydrogen (secondary N) is 2. The molecule has 5 nitrogen and oxygen atoms in total. The van der Waals surface area contributed by atoms with Crippen LogP contribution in [0, 0.1) is 6.92 Å². The monoisotopic (exact) mass is 410 g/mol. The van der Waals surface area contributed by atoms with Crippen LogP contribution in [-0.4, -0.2) is 20.7 Å². The number of amides is 2. The van der Waals surface area contributed by atoms with Gasteiger partial charge < -0.3 is 10.6 Å². The quantitative estimate of drug-likeness (QED) is 0.797. The molecule has 24 heavy (non-hydrogen) atoms. The molecule has 0 heterocycles. The van der Waals surface area contributed by atoms with Crippen molar-refractivity contribution in [3.63, 3.8) is 0 Å². The zero-order valence-corrected chi connectivity index (χ0v) is 16.0. The van der Waals surface area contributed by atoms with Crippen molar-refractivity contribution in [3.05, 3.63) is 58.1 Å². The minimum atomic E-state index is -3.22. The summed E-state index contributed by atoms with van der Waals surface area (Å²) in [6.07, 6.45) is 1.16. The van der Waals surface area contributed by atoms with E-state index in [9.17, 15) is 13.2 Å². The normalized spacial score (nSPS) is 12.5. The van der Waals surface area contributed by atoms with Crippen molar-refractivity contribution in [1.82, 2.24) is 5.32 Å². The number of halogens is 1. The number of aryl methyl sites for hydroxylation is 1. The molecular formula is C17H19BrN2O3S. The van der Waals surface area contributed by atoms with E-state index in [1.165, 1.54) is 12.1 Å². The van der Waals surface area contributed by atoms with Crippen LogP contribution in [0.2, 0.25) is 0 Å². The van der Waals surface area contributed by atoms with Crippen LogP contribution in [0.25, 0.3) is 0 Å². The van der Waals surface area contributed by atoms with Crippen LogP contribution in [-0.2, 0) is 9.84 Å². The molecule has 0 spiro atoms. The van der Waals surface area contributed by atoms with Crippen molar-refractivity contribution in [2.45, 2.75) is 24.8 Å². The number of rotatable bonds is 4. The zero-order valence-electron chi connectivity index (χ0n) is 13.6. The Morgan fingerprint density at radius 3 is 2.29 bits per heavy atom. The fourth-order valence-electron chi connectivity index (χ4n) is 2.12. The highest BCUT2D eigenvalue weighted by atomic mass is 79.9. The van der Waals surface area contributed by atoms with Crippen molar-refractivity contribution in [3.8, 4) is 0 Å². The lowest BCUT2D eigenvalue weighted by atomic mass is 10.1. The van der Waals surface area contributed by atoms with Crippen LogP contribution < -0.4 is 10.6 Å². The summed E-state index contributed by atoms with van der Waals surface area (Å²) < 4.78 is 23.8. The highest BCUT2D eigenvalue weighted by Gasteiger charge is 2.12. The molecule has 7 heteroatoms. The second-order valence-corrected chi connectivity index (χ2v) is 8.50. The molecule has 0 aliphatic rings. The summed E-state index contributed by atoms with van der Waals surface area (Å²) in [6, 6.07) is 11.5. The van der Waals surface area contributed by atoms with Gasteiger partial charge in [0.1, 0.15) is 0 Å². The summed E-state index contributed by atoms with van der Waals surface area (Å²) in [6.45, 7) is 3.80. The molecule has 0 bridgehead atoms. The van der Waals surface area contributed by atoms with Crippen LogP contribution in [0.1, 0.15) is 24.1 Å². The molecule has 0 fully saturated rings. The second-order valence-electron chi connectivity index (χ2n) is 5.63. The topological polar surface area (TPSA) is 75.3 Å². The molecule has 0 radical (unpaired) electrons. The summed E-state index contributed by atoms with van der Waals surface area (Å²) in [5, 5.41) is 5.59. The van der Waals surface area contributed by atoms with Gasteiger partial charge in [0, 0.05) is 16.4 Å². The molecule has 2 amide bonds. The lowest BCUT2D eigenvalue weighted by Crippen LogP contribution is -2.31. The molecule has 1 atom stereocenters. The number of benzene rings is 2. The summed E-state index contributed by atoms with van der Waals surface area (Å²) in [5.41, 5.74) is 2.59. The highest BCUT2D eigenvalue weighted by Crippen LogP contribution is 2.21. The number of carbonyl (C=O) groups excluding carboxylic acids is 1. The van der Waals surface area contributed by atoms with E-state index in [2.05, 4.69) is 26.6 Å². The van der Waals surface area contributed by atoms with Crippen molar-refractivity contribution in [1.29, 1.82) is 0 Å². The first kappa shape index (κ1) is 18.5. The van der Waals surface area contributed by atoms with Gasteiger partial charge in [-0.15, -0.1) is 0 Å². The average molecular weight is 411 g/mol. The fraction of sp³-hybridized carbons (Fsp3) is 0.235. The highest BCUT2D eigenvalue weighted by molar-refractivity contribution is 9.10. The first-order chi connectivity index (χ1) is 11.2. The number of carbonyl (C=O) groups is 1. The van der Waals surface area contributed by atoms with Gasteiger partial charge in [-0.3, -0.25) is 0 Å². The SMILES string of the molecule is Cc1ccc(NC(=O)NC(C)c2ccc(S(C)(=O)=O)cc2)cc1Br. The van der Waals surface area contributed by atoms with Crippen LogP contribution >= 0.6 is 15.9 Å². The molecule has 2 N–H and O–H groups in total. The summed E-state index contributed by atoms with van der Waals surface area (Å²) in [7, 11) is -3.22. The molecule has 2 aromatic carbocycles. The van der Waals surface area contributed by atoms with E-state index in [4.69, 9.17) is 0 Å². The molecule has 1 unspecified atom stereocenters. The first-order valence-corrected chi connectivity index (χ1v) is 9.99. The number of hydrogen-bond acceptors (Lipinski definition) is 3. The predicted molar refractivity (Wildman–Crippen MR) is 99.0 cm³/mol. The third-order valence-corrected chi connectivity index (χ3v) is 5.57. The Hall–Kier alpha value is -1.86. The first-order valence-electron chi connectivity index (χ1n) is 7.30. The van der Waals surface area contributed by atoms with Gasteiger partial charge in [-0.25, -0.2) is 13.2 Å². The van der Waals surface area contributed by atoms with E-state index in [1.54, 1.807) is 12.1 Å². The molecule has 128 valence electrons. The summed E-state index contributed by atoms with van der Waals surface area (Å²) >= 11 is 3.43. The number of anilines is 1. The van der Waals surface area contributed by atoms with Gasteiger partial charge in [0.15, 0.2) is 9.84 Å². The molecule has 0 aliphatic carbocycles. The number of urea groups is 1. The Bertz CT molecular complexity index is 849. The van der Waals surface area contributed by atoms with E-state index < -0.39 is 9.84 Å². The Morgan fingerprint density at radius 1 is 1.12 bits per heavy atom. The lowest BCUT2D eigenvalue weighted by Gasteiger charge is -2.16. The minimum absolute atomic E-state index is 0.257. The molecule has 0 aromatic heterocycles. The van der Waals surface area contributed by atoms with Crippen LogP contribution in [0.4, 0.5) is 10.5 Å². The second kappa shape index (κ2) is 7.36. The average Bonchev–Trinajstić information content (AvgIpc) is 2.50. The Balaban J connectivity index is 2.01. The molecule has 2 aromatic rings. The van der Waals surface area contributed by atoms with Crippen LogP contribution in [0.3, 0.4) is 0 Å². The third-order valence-electron chi connectivity index (χ3n) is 3.59. The largest absolute Gasteiger partial charge is 0.331 e. The smallest absolute Gasteiger partial charge is 0.319 e. The van der Waals surface area contributed by atoms with Crippen molar-refractivity contribution >= 4 is 37.5 Å². The zero-order chi connectivity index (χ0) is 17.9. The minimum Gasteiger partial charge on any atom is -0.331 e. The Labute approximate surface area is 150 Å². The third kappa shape index (κ3) is 4.82. The maximum atomic E-state index is 12.1. The Kier molecular flexibility index (Phi) is 5.66. The maximum Gasteiger partial charge on any atom is 0.319 e. The van der Waals surface area contributed by atoms with Gasteiger partial charge in [-0.05, 0) is 49.2 Å². The predicted octanol–water partition coefficient (Wildman–Crippen LogP) is 4.04. The summed E-state index contributed by atoms with van der Waals surface area (Å²) in [4.78, 5) is 12.3. The van der Waals surface area contributed by atoms with E-state index in [1.807, 2.05) is 32.0 Å². The maximum absolute atomic E-state index is 12.1. The van der Waals surface area contributed by atoms with Gasteiger partial charge >= 0.3 is 6.03 Å². The standard InChI is InChI=1S/C17H19BrN2O3S/c1-11-4-7-14(10-16(11)18)20-17(21)19-12(2)13-5-8-15(9-6-13)24(3,22)23/h4-10,12H,1-3H3,(H2,19,20,21). The van der Waals surface area contributed by atoms with Gasteiger partial charge in [-0.1, -0.05) is 34.1 Å². The lowest BCUT2D eigenvalue weighted by molar-refractivity contribution is 0.249. The van der Waals surface area contributed by atoms with Crippen LogP contribution in [0.15, 0.2) is 51.8 Å². The van der Waals surface area contributed by atoms with Crippen molar-refractivity contribution in [2.24, 2.45) is 0 Å². The van der Waals surface area contributed by atoms with Gasteiger partial charge in [-0.2, -0.15) is 0 Å². The molecule has 0 saturated carbocycles. The Morgan fingerprint density at radius 2 is 1.75 bits per heavy atom. The van der Waals surface area contributed by atoms with Gasteiger partial charge in [0.05, 0.1) is 10.9 Å². The van der Waals surface area contributed by atoms with Gasteiger partial charge in [0.25, 0.3) is 0 Å². The van der Waals surface area contributed by atoms with Gasteiger partial charge in [0.2, 0.25) is 0 Å². The van der Waals surface area contributed by atoms with E-state index in [0.29, 0.717) is 5.69 Å². The molecule has 0 saturated heterocycles. The number of sulfone groups is 1. The van der Waals surface area contributed by atoms with Crippen LogP contribution in [0.5, 0.6) is 0 Å². The van der Waals surface area contributed by atoms with Crippen molar-refractivity contribution < 1.29 is 13.2 Å². The number of hydrogen-bond donors (Lipinski definition) is 2. The molecule has 2 rings (SSSR count).